The summed E-state index contributed by atoms with van der Waals surface area (Å²) >= 11 is 0. The largest absolute Gasteiger partial charge is 0.458 e. The molecule has 8 aromatic rings. The van der Waals surface area contributed by atoms with Crippen LogP contribution in [-0.4, -0.2) is 6.71 Å². The lowest BCUT2D eigenvalue weighted by atomic mass is 9.34. The van der Waals surface area contributed by atoms with E-state index in [1.165, 1.54) is 12.1 Å². The summed E-state index contributed by atoms with van der Waals surface area (Å²) in [5.41, 5.74) is 3.48. The topological polar surface area (TPSA) is 21.7 Å². The van der Waals surface area contributed by atoms with E-state index in [4.69, 9.17) is 23.2 Å². The van der Waals surface area contributed by atoms with Crippen molar-refractivity contribution in [2.24, 2.45) is 0 Å². The molecular weight excluding hydrogens is 633 g/mol. The van der Waals surface area contributed by atoms with Crippen molar-refractivity contribution in [2.75, 3.05) is 4.90 Å². The molecule has 2 aliphatic rings. The van der Waals surface area contributed by atoms with Gasteiger partial charge in [-0.05, 0) is 80.6 Å². The summed E-state index contributed by atoms with van der Waals surface area (Å²) in [5.74, 6) is 1.44. The monoisotopic (exact) mass is 679 g/mol. The maximum absolute atomic E-state index is 9.69. The second kappa shape index (κ2) is 12.5. The summed E-state index contributed by atoms with van der Waals surface area (Å²) in [6.45, 7) is -0.461. The van der Waals surface area contributed by atoms with Crippen LogP contribution in [0.4, 0.5) is 17.1 Å². The fourth-order valence-electron chi connectivity index (χ4n) is 6.90. The number of fused-ring (bicyclic) bond motifs is 4. The highest BCUT2D eigenvalue weighted by Crippen LogP contribution is 2.44. The van der Waals surface area contributed by atoms with Crippen molar-refractivity contribution in [3.05, 3.63) is 194 Å². The van der Waals surface area contributed by atoms with E-state index >= 15 is 0 Å². The van der Waals surface area contributed by atoms with Gasteiger partial charge in [-0.3, -0.25) is 0 Å². The van der Waals surface area contributed by atoms with Crippen LogP contribution in [0.5, 0.6) is 23.0 Å². The standard InChI is InChI=1S/C48H32BNO2/c1-5-14-33(15-6-1)36-20-13-23-40(28-36)50(39-21-11-4-12-22-39)41-31-46-48-47(32-41)52-45-30-38(35-18-9-3-10-19-35)25-27-43(45)49(48)42-26-24-37(29-44(42)51-46)34-16-7-2-8-17-34/h1-32H/i1D,4D,5D,6D,11D,12D,13D,14D,15D,20D,21D,22D,23D,28D. The molecule has 0 bridgehead atoms. The molecule has 4 heteroatoms. The molecule has 2 aliphatic heterocycles. The molecule has 3 nitrogen and oxygen atoms in total. The molecule has 0 N–H and O–H groups in total. The zero-order valence-electron chi connectivity index (χ0n) is 41.2. The Labute approximate surface area is 323 Å². The molecule has 0 unspecified atom stereocenters. The molecule has 0 aromatic heterocycles. The Hall–Kier alpha value is -6.78. The number of para-hydroxylation sites is 1. The second-order valence-electron chi connectivity index (χ2n) is 12.3. The lowest BCUT2D eigenvalue weighted by molar-refractivity contribution is 0.465. The lowest BCUT2D eigenvalue weighted by Crippen LogP contribution is -2.57. The van der Waals surface area contributed by atoms with E-state index in [1.807, 2.05) is 97.1 Å². The predicted octanol–water partition coefficient (Wildman–Crippen LogP) is 10.9. The molecule has 0 atom stereocenters. The van der Waals surface area contributed by atoms with Crippen molar-refractivity contribution < 1.29 is 28.7 Å². The van der Waals surface area contributed by atoms with Gasteiger partial charge in [0.2, 0.25) is 0 Å². The zero-order valence-corrected chi connectivity index (χ0v) is 27.2. The van der Waals surface area contributed by atoms with Crippen LogP contribution >= 0.6 is 0 Å². The van der Waals surface area contributed by atoms with Gasteiger partial charge in [0.15, 0.2) is 0 Å². The molecule has 0 saturated carbocycles. The Bertz CT molecular complexity index is 3220. The quantitative estimate of drug-likeness (QED) is 0.163. The molecule has 52 heavy (non-hydrogen) atoms. The Morgan fingerprint density at radius 1 is 0.404 bits per heavy atom. The number of ether oxygens (including phenoxy) is 2. The third-order valence-corrected chi connectivity index (χ3v) is 9.23. The highest BCUT2D eigenvalue weighted by molar-refractivity contribution is 6.98. The highest BCUT2D eigenvalue weighted by Gasteiger charge is 2.41. The van der Waals surface area contributed by atoms with Gasteiger partial charge in [0.25, 0.3) is 6.71 Å². The molecule has 2 heterocycles. The Morgan fingerprint density at radius 3 is 1.50 bits per heavy atom. The van der Waals surface area contributed by atoms with Gasteiger partial charge >= 0.3 is 0 Å². The van der Waals surface area contributed by atoms with Gasteiger partial charge in [-0.15, -0.1) is 0 Å². The zero-order chi connectivity index (χ0) is 46.6. The Kier molecular flexibility index (Phi) is 4.58. The van der Waals surface area contributed by atoms with E-state index in [2.05, 4.69) is 0 Å². The Balaban J connectivity index is 1.28. The number of benzene rings is 8. The number of anilines is 3. The van der Waals surface area contributed by atoms with Crippen molar-refractivity contribution in [1.82, 2.24) is 0 Å². The van der Waals surface area contributed by atoms with Gasteiger partial charge in [0.1, 0.15) is 23.0 Å². The summed E-state index contributed by atoms with van der Waals surface area (Å²) in [7, 11) is 0. The van der Waals surface area contributed by atoms with Crippen molar-refractivity contribution in [2.45, 2.75) is 0 Å². The van der Waals surface area contributed by atoms with Crippen LogP contribution in [0.3, 0.4) is 0 Å². The third-order valence-electron chi connectivity index (χ3n) is 9.23. The van der Waals surface area contributed by atoms with E-state index in [-0.39, 0.29) is 17.2 Å². The minimum absolute atomic E-state index is 0.0440. The van der Waals surface area contributed by atoms with Crippen LogP contribution in [0.15, 0.2) is 194 Å². The fraction of sp³-hybridized carbons (Fsp3) is 0. The van der Waals surface area contributed by atoms with E-state index in [1.54, 1.807) is 0 Å². The number of hydrogen-bond acceptors (Lipinski definition) is 3. The van der Waals surface area contributed by atoms with Gasteiger partial charge in [-0.1, -0.05) is 145 Å². The molecular formula is C48H32BNO2. The maximum Gasteiger partial charge on any atom is 0.260 e. The predicted molar refractivity (Wildman–Crippen MR) is 215 cm³/mol. The van der Waals surface area contributed by atoms with E-state index in [9.17, 15) is 5.48 Å². The summed E-state index contributed by atoms with van der Waals surface area (Å²) in [5, 5.41) is 0. The van der Waals surface area contributed by atoms with Gasteiger partial charge in [-0.25, -0.2) is 0 Å². The fourth-order valence-corrected chi connectivity index (χ4v) is 6.90. The van der Waals surface area contributed by atoms with Crippen LogP contribution in [0.25, 0.3) is 33.4 Å². The number of nitrogens with zero attached hydrogens (tertiary/aromatic N) is 1. The van der Waals surface area contributed by atoms with E-state index in [0.29, 0.717) is 17.0 Å². The molecule has 0 radical (unpaired) electrons. The van der Waals surface area contributed by atoms with Crippen LogP contribution < -0.4 is 30.8 Å². The molecule has 0 fully saturated rings. The molecule has 0 saturated heterocycles. The van der Waals surface area contributed by atoms with E-state index in [0.717, 1.165) is 38.1 Å². The summed E-state index contributed by atoms with van der Waals surface area (Å²) in [6, 6.07) is 23.6. The minimum Gasteiger partial charge on any atom is -0.458 e. The first-order valence-corrected chi connectivity index (χ1v) is 16.6. The van der Waals surface area contributed by atoms with Crippen molar-refractivity contribution in [3.8, 4) is 56.4 Å². The number of rotatable bonds is 6. The van der Waals surface area contributed by atoms with Crippen molar-refractivity contribution in [3.63, 3.8) is 0 Å². The summed E-state index contributed by atoms with van der Waals surface area (Å²) < 4.78 is 137. The van der Waals surface area contributed by atoms with Gasteiger partial charge in [-0.2, -0.15) is 0 Å². The van der Waals surface area contributed by atoms with E-state index < -0.39 is 114 Å². The van der Waals surface area contributed by atoms with Crippen LogP contribution in [0.1, 0.15) is 19.2 Å². The molecule has 0 spiro atoms. The summed E-state index contributed by atoms with van der Waals surface area (Å²) in [4.78, 5) is 1.03. The first kappa shape index (κ1) is 19.0. The van der Waals surface area contributed by atoms with Crippen molar-refractivity contribution in [1.29, 1.82) is 0 Å². The molecule has 244 valence electrons. The van der Waals surface area contributed by atoms with Gasteiger partial charge in [0.05, 0.1) is 24.9 Å². The maximum atomic E-state index is 9.69. The molecule has 0 amide bonds. The lowest BCUT2D eigenvalue weighted by Gasteiger charge is -2.35. The Morgan fingerprint density at radius 2 is 0.923 bits per heavy atom. The highest BCUT2D eigenvalue weighted by atomic mass is 16.5. The average Bonchev–Trinajstić information content (AvgIpc) is 3.33. The van der Waals surface area contributed by atoms with Gasteiger partial charge in [0, 0.05) is 29.0 Å². The van der Waals surface area contributed by atoms with Crippen LogP contribution in [-0.2, 0) is 0 Å². The second-order valence-corrected chi connectivity index (χ2v) is 12.3. The smallest absolute Gasteiger partial charge is 0.260 e. The molecule has 8 aromatic carbocycles. The van der Waals surface area contributed by atoms with Crippen LogP contribution in [0, 0.1) is 0 Å². The van der Waals surface area contributed by atoms with Crippen molar-refractivity contribution >= 4 is 40.2 Å². The summed E-state index contributed by atoms with van der Waals surface area (Å²) in [6.07, 6.45) is 0. The SMILES string of the molecule is [2H]c1c([2H])c([2H])c(-c2c([2H])c([2H])c([2H])c(N(c3cc4c5c(c3)Oc3cc(-c6ccccc6)ccc3B5c3ccc(-c5ccccc5)cc3O4)c3c([2H])c([2H])c([2H])c([2H])c3[2H])c2[2H])c([2H])c1[2H]. The molecule has 10 rings (SSSR count). The third kappa shape index (κ3) is 5.24. The minimum atomic E-state index is -0.822. The van der Waals surface area contributed by atoms with Gasteiger partial charge < -0.3 is 14.4 Å². The average molecular weight is 680 g/mol. The normalized spacial score (nSPS) is 15.9. The first-order valence-electron chi connectivity index (χ1n) is 23.6. The first-order chi connectivity index (χ1) is 31.6. The number of hydrogen-bond donors (Lipinski definition) is 0. The molecule has 0 aliphatic carbocycles. The van der Waals surface area contributed by atoms with Crippen LogP contribution in [0.2, 0.25) is 0 Å².